The first-order valence-corrected chi connectivity index (χ1v) is 8.15. The van der Waals surface area contributed by atoms with Crippen molar-refractivity contribution >= 4 is 0 Å². The summed E-state index contributed by atoms with van der Waals surface area (Å²) in [5.41, 5.74) is 0.587. The first kappa shape index (κ1) is 13.0. The summed E-state index contributed by atoms with van der Waals surface area (Å²) in [5, 5.41) is 0. The third-order valence-corrected chi connectivity index (χ3v) is 6.20. The quantitative estimate of drug-likeness (QED) is 0.684. The van der Waals surface area contributed by atoms with Gasteiger partial charge in [0, 0.05) is 6.61 Å². The van der Waals surface area contributed by atoms with Crippen molar-refractivity contribution in [1.29, 1.82) is 0 Å². The highest BCUT2D eigenvalue weighted by atomic mass is 16.5. The largest absolute Gasteiger partial charge is 0.372 e. The van der Waals surface area contributed by atoms with E-state index in [1.807, 2.05) is 0 Å². The van der Waals surface area contributed by atoms with Gasteiger partial charge in [0.1, 0.15) is 0 Å². The second-order valence-corrected chi connectivity index (χ2v) is 7.43. The van der Waals surface area contributed by atoms with Gasteiger partial charge in [0.25, 0.3) is 0 Å². The Morgan fingerprint density at radius 1 is 1.11 bits per heavy atom. The Bertz CT molecular complexity index is 277. The predicted octanol–water partition coefficient (Wildman–Crippen LogP) is 4.96. The maximum Gasteiger partial charge on any atom is 0.0970 e. The van der Waals surface area contributed by atoms with Crippen LogP contribution in [0.15, 0.2) is 0 Å². The van der Waals surface area contributed by atoms with E-state index in [2.05, 4.69) is 13.8 Å². The van der Waals surface area contributed by atoms with Gasteiger partial charge < -0.3 is 4.74 Å². The molecule has 0 aromatic heterocycles. The molecule has 0 aromatic carbocycles. The van der Waals surface area contributed by atoms with Crippen LogP contribution in [0, 0.1) is 29.3 Å². The summed E-state index contributed by atoms with van der Waals surface area (Å²) < 4.78 is 6.06. The number of hydrogen-bond acceptors (Lipinski definition) is 1. The fourth-order valence-electron chi connectivity index (χ4n) is 5.00. The maximum atomic E-state index is 6.06. The van der Waals surface area contributed by atoms with Gasteiger partial charge in [-0.1, -0.05) is 33.1 Å². The van der Waals surface area contributed by atoms with E-state index in [0.29, 0.717) is 5.41 Å². The standard InChI is InChI=1S/C17H29O/c1-17(2)14-9-8-13(12-14)16(17)10-11-18-15-6-4-3-5-7-15/h13-14,16H,3-12H2,1-2H3. The minimum Gasteiger partial charge on any atom is -0.372 e. The lowest BCUT2D eigenvalue weighted by molar-refractivity contribution is 0.0559. The molecule has 3 atom stereocenters. The van der Waals surface area contributed by atoms with Crippen molar-refractivity contribution in [3.63, 3.8) is 0 Å². The van der Waals surface area contributed by atoms with Crippen molar-refractivity contribution in [2.45, 2.75) is 71.6 Å². The first-order valence-electron chi connectivity index (χ1n) is 8.15. The third-order valence-electron chi connectivity index (χ3n) is 6.20. The Morgan fingerprint density at radius 3 is 2.56 bits per heavy atom. The second kappa shape index (κ2) is 5.15. The van der Waals surface area contributed by atoms with Gasteiger partial charge in [0.15, 0.2) is 0 Å². The molecular formula is C17H29O. The van der Waals surface area contributed by atoms with E-state index >= 15 is 0 Å². The molecule has 0 aromatic rings. The van der Waals surface area contributed by atoms with E-state index in [-0.39, 0.29) is 0 Å². The third kappa shape index (κ3) is 2.35. The van der Waals surface area contributed by atoms with Crippen molar-refractivity contribution in [2.24, 2.45) is 23.2 Å². The smallest absolute Gasteiger partial charge is 0.0970 e. The maximum absolute atomic E-state index is 6.06. The molecule has 0 spiro atoms. The number of hydrogen-bond donors (Lipinski definition) is 0. The van der Waals surface area contributed by atoms with Gasteiger partial charge in [0.05, 0.1) is 6.10 Å². The van der Waals surface area contributed by atoms with Crippen LogP contribution >= 0.6 is 0 Å². The summed E-state index contributed by atoms with van der Waals surface area (Å²) >= 11 is 0. The lowest BCUT2D eigenvalue weighted by Crippen LogP contribution is -2.31. The molecule has 0 amide bonds. The van der Waals surface area contributed by atoms with Crippen molar-refractivity contribution in [3.05, 3.63) is 6.10 Å². The molecule has 18 heavy (non-hydrogen) atoms. The van der Waals surface area contributed by atoms with Crippen LogP contribution in [-0.4, -0.2) is 6.61 Å². The Morgan fingerprint density at radius 2 is 1.89 bits per heavy atom. The summed E-state index contributed by atoms with van der Waals surface area (Å²) in [6, 6.07) is 0. The Labute approximate surface area is 113 Å². The van der Waals surface area contributed by atoms with E-state index in [9.17, 15) is 0 Å². The van der Waals surface area contributed by atoms with Crippen LogP contribution < -0.4 is 0 Å². The number of fused-ring (bicyclic) bond motifs is 2. The Hall–Kier alpha value is -0.0400. The first-order chi connectivity index (χ1) is 8.68. The zero-order chi connectivity index (χ0) is 12.6. The van der Waals surface area contributed by atoms with Crippen molar-refractivity contribution < 1.29 is 4.74 Å². The van der Waals surface area contributed by atoms with Crippen molar-refractivity contribution in [2.75, 3.05) is 6.61 Å². The summed E-state index contributed by atoms with van der Waals surface area (Å²) in [5.74, 6) is 2.96. The zero-order valence-electron chi connectivity index (χ0n) is 12.2. The van der Waals surface area contributed by atoms with Crippen LogP contribution in [0.5, 0.6) is 0 Å². The minimum absolute atomic E-state index is 0.587. The average molecular weight is 249 g/mol. The SMILES string of the molecule is CC1(C)C2CCC(C2)C1CCO[C]1CCCCC1. The topological polar surface area (TPSA) is 9.23 Å². The van der Waals surface area contributed by atoms with Gasteiger partial charge in [-0.25, -0.2) is 0 Å². The summed E-state index contributed by atoms with van der Waals surface area (Å²) in [6.45, 7) is 6.01. The van der Waals surface area contributed by atoms with Crippen molar-refractivity contribution in [3.8, 4) is 0 Å². The molecule has 3 aliphatic rings. The molecule has 3 saturated carbocycles. The highest BCUT2D eigenvalue weighted by Crippen LogP contribution is 2.60. The Kier molecular flexibility index (Phi) is 3.71. The molecule has 0 heterocycles. The van der Waals surface area contributed by atoms with Crippen LogP contribution in [0.25, 0.3) is 0 Å². The second-order valence-electron chi connectivity index (χ2n) is 7.43. The summed E-state index contributed by atoms with van der Waals surface area (Å²) in [6.07, 6.45) is 13.8. The molecule has 103 valence electrons. The monoisotopic (exact) mass is 249 g/mol. The predicted molar refractivity (Wildman–Crippen MR) is 75.0 cm³/mol. The van der Waals surface area contributed by atoms with Gasteiger partial charge in [0.2, 0.25) is 0 Å². The molecule has 3 aliphatic carbocycles. The van der Waals surface area contributed by atoms with Gasteiger partial charge in [-0.15, -0.1) is 0 Å². The van der Waals surface area contributed by atoms with Crippen LogP contribution in [0.1, 0.15) is 71.6 Å². The molecule has 3 rings (SSSR count). The van der Waals surface area contributed by atoms with Crippen LogP contribution in [0.4, 0.5) is 0 Å². The molecule has 1 nitrogen and oxygen atoms in total. The lowest BCUT2D eigenvalue weighted by Gasteiger charge is -2.38. The van der Waals surface area contributed by atoms with E-state index in [0.717, 1.165) is 24.4 Å². The zero-order valence-corrected chi connectivity index (χ0v) is 12.2. The van der Waals surface area contributed by atoms with E-state index in [4.69, 9.17) is 4.74 Å². The fraction of sp³-hybridized carbons (Fsp3) is 0.941. The fourth-order valence-corrected chi connectivity index (χ4v) is 5.00. The normalized spacial score (nSPS) is 39.3. The van der Waals surface area contributed by atoms with Crippen LogP contribution in [0.3, 0.4) is 0 Å². The molecule has 0 aliphatic heterocycles. The van der Waals surface area contributed by atoms with E-state index in [1.54, 1.807) is 0 Å². The van der Waals surface area contributed by atoms with Gasteiger partial charge in [-0.2, -0.15) is 0 Å². The molecule has 1 heteroatoms. The highest BCUT2D eigenvalue weighted by Gasteiger charge is 2.51. The van der Waals surface area contributed by atoms with Crippen LogP contribution in [-0.2, 0) is 4.74 Å². The number of rotatable bonds is 4. The molecule has 0 saturated heterocycles. The van der Waals surface area contributed by atoms with Gasteiger partial charge >= 0.3 is 0 Å². The summed E-state index contributed by atoms with van der Waals surface area (Å²) in [4.78, 5) is 0. The van der Waals surface area contributed by atoms with Crippen molar-refractivity contribution in [1.82, 2.24) is 0 Å². The average Bonchev–Trinajstić information content (AvgIpc) is 2.92. The molecule has 2 bridgehead atoms. The molecule has 0 N–H and O–H groups in total. The molecule has 3 fully saturated rings. The Balaban J connectivity index is 1.45. The summed E-state index contributed by atoms with van der Waals surface area (Å²) in [7, 11) is 0. The van der Waals surface area contributed by atoms with E-state index < -0.39 is 0 Å². The molecular weight excluding hydrogens is 220 g/mol. The van der Waals surface area contributed by atoms with E-state index in [1.165, 1.54) is 63.9 Å². The number of ether oxygens (including phenoxy) is 1. The van der Waals surface area contributed by atoms with Gasteiger partial charge in [-0.05, 0) is 61.7 Å². The molecule has 3 unspecified atom stereocenters. The lowest BCUT2D eigenvalue weighted by atomic mass is 9.67. The van der Waals surface area contributed by atoms with Gasteiger partial charge in [-0.3, -0.25) is 0 Å². The molecule has 1 radical (unpaired) electrons. The highest BCUT2D eigenvalue weighted by molar-refractivity contribution is 5.01. The van der Waals surface area contributed by atoms with Crippen LogP contribution in [0.2, 0.25) is 0 Å². The minimum atomic E-state index is 0.587.